The van der Waals surface area contributed by atoms with E-state index in [1.54, 1.807) is 0 Å². The number of hydrogen-bond donors (Lipinski definition) is 2. The Morgan fingerprint density at radius 1 is 1.22 bits per heavy atom. The smallest absolute Gasteiger partial charge is 0.357 e. The van der Waals surface area contributed by atoms with Gasteiger partial charge in [-0.05, 0) is 45.6 Å². The molecule has 0 aliphatic heterocycles. The molecule has 1 saturated carbocycles. The number of rotatable bonds is 6. The van der Waals surface area contributed by atoms with Gasteiger partial charge in [0.15, 0.2) is 5.96 Å². The zero-order valence-corrected chi connectivity index (χ0v) is 16.6. The molecule has 1 rings (SSSR count). The van der Waals surface area contributed by atoms with Gasteiger partial charge in [0.2, 0.25) is 0 Å². The molecule has 0 aromatic rings. The van der Waals surface area contributed by atoms with E-state index in [9.17, 15) is 13.2 Å². The summed E-state index contributed by atoms with van der Waals surface area (Å²) in [6.07, 6.45) is 0.524. The van der Waals surface area contributed by atoms with Crippen LogP contribution in [0.2, 0.25) is 0 Å². The van der Waals surface area contributed by atoms with Crippen LogP contribution in [0.4, 0.5) is 13.2 Å². The Morgan fingerprint density at radius 3 is 2.35 bits per heavy atom. The highest BCUT2D eigenvalue weighted by molar-refractivity contribution is 14.0. The minimum Gasteiger partial charge on any atom is -0.357 e. The number of likely N-dealkylation sites (N-methyl/N-ethyl adjacent to an activating group) is 1. The number of hydrogen-bond acceptors (Lipinski definition) is 2. The molecule has 4 nitrogen and oxygen atoms in total. The quantitative estimate of drug-likeness (QED) is 0.371. The highest BCUT2D eigenvalue weighted by Gasteiger charge is 2.28. The van der Waals surface area contributed by atoms with Gasteiger partial charge in [-0.15, -0.1) is 24.0 Å². The van der Waals surface area contributed by atoms with Crippen molar-refractivity contribution in [1.29, 1.82) is 0 Å². The van der Waals surface area contributed by atoms with Crippen molar-refractivity contribution >= 4 is 29.9 Å². The van der Waals surface area contributed by atoms with Gasteiger partial charge < -0.3 is 10.6 Å². The maximum atomic E-state index is 12.3. The Labute approximate surface area is 154 Å². The van der Waals surface area contributed by atoms with Gasteiger partial charge in [-0.25, -0.2) is 0 Å². The first kappa shape index (κ1) is 22.8. The van der Waals surface area contributed by atoms with Crippen LogP contribution in [0.15, 0.2) is 4.99 Å². The van der Waals surface area contributed by atoms with Crippen molar-refractivity contribution in [3.8, 4) is 0 Å². The van der Waals surface area contributed by atoms with E-state index in [0.717, 1.165) is 25.3 Å². The predicted molar refractivity (Wildman–Crippen MR) is 99.5 cm³/mol. The summed E-state index contributed by atoms with van der Waals surface area (Å²) in [5, 5.41) is 6.56. The fraction of sp³-hybridized carbons (Fsp3) is 0.933. The van der Waals surface area contributed by atoms with Gasteiger partial charge in [-0.1, -0.05) is 6.92 Å². The molecule has 1 fully saturated rings. The molecule has 1 aliphatic carbocycles. The lowest BCUT2D eigenvalue weighted by Crippen LogP contribution is -2.45. The van der Waals surface area contributed by atoms with E-state index in [4.69, 9.17) is 0 Å². The number of halogens is 4. The summed E-state index contributed by atoms with van der Waals surface area (Å²) in [5.74, 6) is 1.50. The van der Waals surface area contributed by atoms with Crippen LogP contribution in [0.3, 0.4) is 0 Å². The van der Waals surface area contributed by atoms with E-state index in [2.05, 4.69) is 22.5 Å². The molecule has 0 bridgehead atoms. The number of alkyl halides is 3. The maximum absolute atomic E-state index is 12.3. The monoisotopic (exact) mass is 450 g/mol. The van der Waals surface area contributed by atoms with Gasteiger partial charge in [-0.2, -0.15) is 13.2 Å². The Hall–Kier alpha value is -0.250. The van der Waals surface area contributed by atoms with Gasteiger partial charge in [-0.3, -0.25) is 9.89 Å². The molecule has 138 valence electrons. The molecule has 0 aromatic carbocycles. The Balaban J connectivity index is 0.00000484. The summed E-state index contributed by atoms with van der Waals surface area (Å²) in [5.41, 5.74) is 0. The summed E-state index contributed by atoms with van der Waals surface area (Å²) in [6, 6.07) is 0.418. The normalized spacial score (nSPS) is 22.7. The lowest BCUT2D eigenvalue weighted by Gasteiger charge is -2.28. The average Bonchev–Trinajstić information content (AvgIpc) is 2.39. The third-order valence-corrected chi connectivity index (χ3v) is 3.90. The van der Waals surface area contributed by atoms with Crippen molar-refractivity contribution in [2.24, 2.45) is 10.9 Å². The van der Waals surface area contributed by atoms with Crippen molar-refractivity contribution in [2.45, 2.75) is 51.7 Å². The standard InChI is InChI=1S/C15H29F3N4.HI/c1-4-19-14(21-13-7-5-12(2)6-8-13)20-9-10-22(3)11-15(16,17)18;/h12-13H,4-11H2,1-3H3,(H2,19,20,21);1H. The molecule has 0 unspecified atom stereocenters. The van der Waals surface area contributed by atoms with Crippen LogP contribution in [0.5, 0.6) is 0 Å². The molecular formula is C15H30F3IN4. The minimum atomic E-state index is -4.15. The summed E-state index contributed by atoms with van der Waals surface area (Å²) in [4.78, 5) is 5.63. The minimum absolute atomic E-state index is 0. The van der Waals surface area contributed by atoms with E-state index < -0.39 is 12.7 Å². The molecule has 1 aliphatic rings. The highest BCUT2D eigenvalue weighted by Crippen LogP contribution is 2.23. The van der Waals surface area contributed by atoms with E-state index in [0.29, 0.717) is 18.5 Å². The van der Waals surface area contributed by atoms with E-state index in [-0.39, 0.29) is 30.5 Å². The van der Waals surface area contributed by atoms with Crippen LogP contribution >= 0.6 is 24.0 Å². The topological polar surface area (TPSA) is 39.7 Å². The van der Waals surface area contributed by atoms with Crippen molar-refractivity contribution in [3.05, 3.63) is 0 Å². The Morgan fingerprint density at radius 2 is 1.83 bits per heavy atom. The first-order valence-corrected chi connectivity index (χ1v) is 8.10. The molecule has 0 aromatic heterocycles. The molecular weight excluding hydrogens is 420 g/mol. The maximum Gasteiger partial charge on any atom is 0.401 e. The van der Waals surface area contributed by atoms with E-state index in [1.807, 2.05) is 6.92 Å². The molecule has 0 radical (unpaired) electrons. The number of nitrogens with one attached hydrogen (secondary N) is 2. The van der Waals surface area contributed by atoms with Crippen LogP contribution in [0.25, 0.3) is 0 Å². The number of aliphatic imine (C=N–C) groups is 1. The molecule has 0 amide bonds. The van der Waals surface area contributed by atoms with Crippen LogP contribution in [0, 0.1) is 5.92 Å². The Kier molecular flexibility index (Phi) is 11.2. The zero-order chi connectivity index (χ0) is 16.6. The third-order valence-electron chi connectivity index (χ3n) is 3.90. The SMILES string of the molecule is CCNC(=NCCN(C)CC(F)(F)F)NC1CCC(C)CC1.I. The van der Waals surface area contributed by atoms with E-state index in [1.165, 1.54) is 24.8 Å². The highest BCUT2D eigenvalue weighted by atomic mass is 127. The van der Waals surface area contributed by atoms with Crippen LogP contribution in [-0.4, -0.2) is 56.3 Å². The first-order valence-electron chi connectivity index (χ1n) is 8.10. The van der Waals surface area contributed by atoms with Gasteiger partial charge in [0.25, 0.3) is 0 Å². The van der Waals surface area contributed by atoms with E-state index >= 15 is 0 Å². The molecule has 0 heterocycles. The van der Waals surface area contributed by atoms with Crippen molar-refractivity contribution in [3.63, 3.8) is 0 Å². The van der Waals surface area contributed by atoms with Crippen LogP contribution in [0.1, 0.15) is 39.5 Å². The summed E-state index contributed by atoms with van der Waals surface area (Å²) in [7, 11) is 1.46. The average molecular weight is 450 g/mol. The van der Waals surface area contributed by atoms with Crippen molar-refractivity contribution in [1.82, 2.24) is 15.5 Å². The largest absolute Gasteiger partial charge is 0.401 e. The lowest BCUT2D eigenvalue weighted by molar-refractivity contribution is -0.142. The molecule has 2 N–H and O–H groups in total. The molecule has 0 spiro atoms. The fourth-order valence-electron chi connectivity index (χ4n) is 2.64. The number of nitrogens with zero attached hydrogens (tertiary/aromatic N) is 2. The predicted octanol–water partition coefficient (Wildman–Crippen LogP) is 3.23. The summed E-state index contributed by atoms with van der Waals surface area (Å²) in [6.45, 7) is 4.74. The summed E-state index contributed by atoms with van der Waals surface area (Å²) < 4.78 is 36.8. The van der Waals surface area contributed by atoms with Crippen LogP contribution in [-0.2, 0) is 0 Å². The van der Waals surface area contributed by atoms with Gasteiger partial charge in [0, 0.05) is 19.1 Å². The van der Waals surface area contributed by atoms with Crippen LogP contribution < -0.4 is 10.6 Å². The molecule has 23 heavy (non-hydrogen) atoms. The third kappa shape index (κ3) is 11.0. The lowest BCUT2D eigenvalue weighted by atomic mass is 9.87. The zero-order valence-electron chi connectivity index (χ0n) is 14.2. The first-order chi connectivity index (χ1) is 10.3. The number of guanidine groups is 1. The second-order valence-corrected chi connectivity index (χ2v) is 6.21. The molecule has 0 atom stereocenters. The fourth-order valence-corrected chi connectivity index (χ4v) is 2.64. The molecule has 8 heteroatoms. The van der Waals surface area contributed by atoms with Gasteiger partial charge >= 0.3 is 6.18 Å². The second kappa shape index (κ2) is 11.3. The van der Waals surface area contributed by atoms with Gasteiger partial charge in [0.1, 0.15) is 0 Å². The second-order valence-electron chi connectivity index (χ2n) is 6.21. The Bertz CT molecular complexity index is 342. The summed E-state index contributed by atoms with van der Waals surface area (Å²) >= 11 is 0. The van der Waals surface area contributed by atoms with Gasteiger partial charge in [0.05, 0.1) is 13.1 Å². The van der Waals surface area contributed by atoms with Crippen molar-refractivity contribution in [2.75, 3.05) is 33.2 Å². The van der Waals surface area contributed by atoms with Crippen molar-refractivity contribution < 1.29 is 13.2 Å². The molecule has 0 saturated heterocycles.